The molecule has 12 heavy (non-hydrogen) atoms. The highest BCUT2D eigenvalue weighted by molar-refractivity contribution is 8.13. The molecule has 0 saturated carbocycles. The number of aryl methyl sites for hydroxylation is 1. The van der Waals surface area contributed by atoms with Crippen molar-refractivity contribution in [2.75, 3.05) is 0 Å². The lowest BCUT2D eigenvalue weighted by molar-refractivity contribution is 0.608. The van der Waals surface area contributed by atoms with E-state index in [9.17, 15) is 8.42 Å². The zero-order valence-corrected chi connectivity index (χ0v) is 7.93. The van der Waals surface area contributed by atoms with Crippen LogP contribution in [0.4, 0.5) is 0 Å². The predicted octanol–water partition coefficient (Wildman–Crippen LogP) is 0.854. The number of rotatable bonds is 2. The highest BCUT2D eigenvalue weighted by Gasteiger charge is 2.09. The topological polar surface area (TPSA) is 59.9 Å². The Morgan fingerprint density at radius 1 is 1.58 bits per heavy atom. The van der Waals surface area contributed by atoms with Crippen LogP contribution in [0.5, 0.6) is 0 Å². The fourth-order valence-electron chi connectivity index (χ4n) is 0.747. The number of hydrogen-bond acceptors (Lipinski definition) is 4. The van der Waals surface area contributed by atoms with Crippen LogP contribution in [0.25, 0.3) is 0 Å². The van der Waals surface area contributed by atoms with Gasteiger partial charge in [0.25, 0.3) is 0 Å². The molecule has 0 aliphatic heterocycles. The van der Waals surface area contributed by atoms with Crippen LogP contribution in [0.3, 0.4) is 0 Å². The lowest BCUT2D eigenvalue weighted by Crippen LogP contribution is -1.99. The van der Waals surface area contributed by atoms with E-state index in [4.69, 9.17) is 10.7 Å². The molecule has 0 amide bonds. The average Bonchev–Trinajstić information content (AvgIpc) is 1.91. The van der Waals surface area contributed by atoms with Gasteiger partial charge in [-0.05, 0) is 6.92 Å². The zero-order valence-electron chi connectivity index (χ0n) is 6.36. The molecular formula is C6H7ClN2O2S. The van der Waals surface area contributed by atoms with E-state index >= 15 is 0 Å². The minimum Gasteiger partial charge on any atom is -0.244 e. The highest BCUT2D eigenvalue weighted by Crippen LogP contribution is 2.10. The van der Waals surface area contributed by atoms with Gasteiger partial charge in [0.2, 0.25) is 9.05 Å². The van der Waals surface area contributed by atoms with Crippen LogP contribution in [0.1, 0.15) is 11.3 Å². The molecular weight excluding hydrogens is 200 g/mol. The monoisotopic (exact) mass is 206 g/mol. The summed E-state index contributed by atoms with van der Waals surface area (Å²) in [6.07, 6.45) is 2.81. The van der Waals surface area contributed by atoms with Crippen molar-refractivity contribution >= 4 is 19.7 Å². The van der Waals surface area contributed by atoms with Crippen molar-refractivity contribution in [2.24, 2.45) is 0 Å². The van der Waals surface area contributed by atoms with Gasteiger partial charge in [-0.25, -0.2) is 18.4 Å². The molecule has 0 unspecified atom stereocenters. The minimum atomic E-state index is -3.51. The number of halogens is 1. The first-order valence-corrected chi connectivity index (χ1v) is 5.65. The summed E-state index contributed by atoms with van der Waals surface area (Å²) < 4.78 is 21.3. The van der Waals surface area contributed by atoms with Crippen molar-refractivity contribution < 1.29 is 8.42 Å². The first kappa shape index (κ1) is 9.41. The smallest absolute Gasteiger partial charge is 0.236 e. The van der Waals surface area contributed by atoms with E-state index in [-0.39, 0.29) is 5.75 Å². The SMILES string of the molecule is Cc1ncncc1CS(=O)(=O)Cl. The molecule has 6 heteroatoms. The fraction of sp³-hybridized carbons (Fsp3) is 0.333. The molecule has 0 aliphatic rings. The van der Waals surface area contributed by atoms with Gasteiger partial charge in [-0.3, -0.25) is 0 Å². The van der Waals surface area contributed by atoms with Crippen molar-refractivity contribution in [1.29, 1.82) is 0 Å². The Bertz CT molecular complexity index is 377. The largest absolute Gasteiger partial charge is 0.244 e. The van der Waals surface area contributed by atoms with Gasteiger partial charge in [0.1, 0.15) is 6.33 Å². The molecule has 0 saturated heterocycles. The van der Waals surface area contributed by atoms with Crippen molar-refractivity contribution in [3.63, 3.8) is 0 Å². The Labute approximate surface area is 75.0 Å². The number of aromatic nitrogens is 2. The van der Waals surface area contributed by atoms with Gasteiger partial charge in [-0.2, -0.15) is 0 Å². The lowest BCUT2D eigenvalue weighted by Gasteiger charge is -1.99. The summed E-state index contributed by atoms with van der Waals surface area (Å²) in [5, 5.41) is 0. The third-order valence-electron chi connectivity index (χ3n) is 1.34. The molecule has 1 heterocycles. The average molecular weight is 207 g/mol. The second-order valence-electron chi connectivity index (χ2n) is 2.32. The molecule has 0 spiro atoms. The molecule has 0 bridgehead atoms. The summed E-state index contributed by atoms with van der Waals surface area (Å²) in [4.78, 5) is 7.52. The first-order chi connectivity index (χ1) is 5.49. The van der Waals surface area contributed by atoms with E-state index in [1.54, 1.807) is 6.92 Å². The van der Waals surface area contributed by atoms with E-state index < -0.39 is 9.05 Å². The maximum atomic E-state index is 10.7. The van der Waals surface area contributed by atoms with Gasteiger partial charge in [-0.15, -0.1) is 0 Å². The summed E-state index contributed by atoms with van der Waals surface area (Å²) in [7, 11) is 1.55. The van der Waals surface area contributed by atoms with E-state index in [1.807, 2.05) is 0 Å². The van der Waals surface area contributed by atoms with Crippen molar-refractivity contribution in [2.45, 2.75) is 12.7 Å². The van der Waals surface area contributed by atoms with Crippen LogP contribution in [0.15, 0.2) is 12.5 Å². The van der Waals surface area contributed by atoms with E-state index in [0.717, 1.165) is 0 Å². The molecule has 4 nitrogen and oxygen atoms in total. The third kappa shape index (κ3) is 2.75. The maximum absolute atomic E-state index is 10.7. The van der Waals surface area contributed by atoms with Gasteiger partial charge < -0.3 is 0 Å². The molecule has 1 rings (SSSR count). The van der Waals surface area contributed by atoms with E-state index in [0.29, 0.717) is 11.3 Å². The van der Waals surface area contributed by atoms with Crippen LogP contribution in [0, 0.1) is 6.92 Å². The van der Waals surface area contributed by atoms with Gasteiger partial charge in [0.05, 0.1) is 5.75 Å². The molecule has 1 aromatic rings. The molecule has 1 aromatic heterocycles. The molecule has 0 atom stereocenters. The van der Waals surface area contributed by atoms with Crippen LogP contribution in [-0.4, -0.2) is 18.4 Å². The van der Waals surface area contributed by atoms with Crippen molar-refractivity contribution in [3.05, 3.63) is 23.8 Å². The summed E-state index contributed by atoms with van der Waals surface area (Å²) >= 11 is 0. The Balaban J connectivity index is 2.98. The summed E-state index contributed by atoms with van der Waals surface area (Å²) in [5.41, 5.74) is 1.17. The normalized spacial score (nSPS) is 11.5. The Hall–Kier alpha value is -0.680. The zero-order chi connectivity index (χ0) is 9.19. The van der Waals surface area contributed by atoms with Gasteiger partial charge in [-0.1, -0.05) is 0 Å². The summed E-state index contributed by atoms with van der Waals surface area (Å²) in [6.45, 7) is 1.71. The molecule has 0 aromatic carbocycles. The third-order valence-corrected chi connectivity index (χ3v) is 2.32. The van der Waals surface area contributed by atoms with Crippen LogP contribution >= 0.6 is 10.7 Å². The summed E-state index contributed by atoms with van der Waals surface area (Å²) in [6, 6.07) is 0. The van der Waals surface area contributed by atoms with Gasteiger partial charge in [0, 0.05) is 28.1 Å². The predicted molar refractivity (Wildman–Crippen MR) is 45.2 cm³/mol. The molecule has 0 fully saturated rings. The van der Waals surface area contributed by atoms with Crippen LogP contribution < -0.4 is 0 Å². The first-order valence-electron chi connectivity index (χ1n) is 3.17. The molecule has 0 N–H and O–H groups in total. The molecule has 66 valence electrons. The fourth-order valence-corrected chi connectivity index (χ4v) is 1.75. The Morgan fingerprint density at radius 2 is 2.25 bits per heavy atom. The van der Waals surface area contributed by atoms with E-state index in [1.165, 1.54) is 12.5 Å². The Morgan fingerprint density at radius 3 is 2.75 bits per heavy atom. The second kappa shape index (κ2) is 3.37. The molecule has 0 aliphatic carbocycles. The van der Waals surface area contributed by atoms with Crippen molar-refractivity contribution in [3.8, 4) is 0 Å². The highest BCUT2D eigenvalue weighted by atomic mass is 35.7. The lowest BCUT2D eigenvalue weighted by atomic mass is 10.3. The molecule has 0 radical (unpaired) electrons. The van der Waals surface area contributed by atoms with E-state index in [2.05, 4.69) is 9.97 Å². The van der Waals surface area contributed by atoms with Crippen LogP contribution in [0.2, 0.25) is 0 Å². The standard InChI is InChI=1S/C6H7ClN2O2S/c1-5-6(2-8-4-9-5)3-12(7,10)11/h2,4H,3H2,1H3. The van der Waals surface area contributed by atoms with Crippen LogP contribution in [-0.2, 0) is 14.8 Å². The second-order valence-corrected chi connectivity index (χ2v) is 5.09. The minimum absolute atomic E-state index is 0.221. The summed E-state index contributed by atoms with van der Waals surface area (Å²) in [5.74, 6) is -0.221. The van der Waals surface area contributed by atoms with Gasteiger partial charge >= 0.3 is 0 Å². The quantitative estimate of drug-likeness (QED) is 0.674. The maximum Gasteiger partial charge on any atom is 0.236 e. The van der Waals surface area contributed by atoms with Crippen molar-refractivity contribution in [1.82, 2.24) is 9.97 Å². The Kier molecular flexibility index (Phi) is 2.64. The number of hydrogen-bond donors (Lipinski definition) is 0. The van der Waals surface area contributed by atoms with Gasteiger partial charge in [0.15, 0.2) is 0 Å². The number of nitrogens with zero attached hydrogens (tertiary/aromatic N) is 2.